The molecular formula is C20H23N3O4S. The van der Waals surface area contributed by atoms with Crippen LogP contribution in [-0.4, -0.2) is 35.4 Å². The molecule has 0 radical (unpaired) electrons. The van der Waals surface area contributed by atoms with E-state index in [0.29, 0.717) is 40.2 Å². The largest absolute Gasteiger partial charge is 0.494 e. The maximum Gasteiger partial charge on any atom is 0.336 e. The number of carbonyl (C=O) groups excluding carboxylic acids is 1. The zero-order valence-electron chi connectivity index (χ0n) is 16.3. The Bertz CT molecular complexity index is 984. The molecule has 7 nitrogen and oxygen atoms in total. The molecule has 2 heterocycles. The van der Waals surface area contributed by atoms with Gasteiger partial charge in [-0.05, 0) is 37.3 Å². The van der Waals surface area contributed by atoms with E-state index in [0.717, 1.165) is 11.3 Å². The minimum atomic E-state index is -0.610. The molecule has 28 heavy (non-hydrogen) atoms. The van der Waals surface area contributed by atoms with Crippen molar-refractivity contribution >= 4 is 23.5 Å². The number of H-pyrrole nitrogens is 1. The summed E-state index contributed by atoms with van der Waals surface area (Å²) in [6, 6.07) is 7.39. The van der Waals surface area contributed by atoms with E-state index in [4.69, 9.17) is 9.47 Å². The minimum absolute atomic E-state index is 0.283. The quantitative estimate of drug-likeness (QED) is 0.436. The van der Waals surface area contributed by atoms with Crippen LogP contribution in [0.15, 0.2) is 45.5 Å². The van der Waals surface area contributed by atoms with Crippen molar-refractivity contribution in [3.63, 3.8) is 0 Å². The predicted molar refractivity (Wildman–Crippen MR) is 109 cm³/mol. The van der Waals surface area contributed by atoms with Gasteiger partial charge in [-0.1, -0.05) is 30.8 Å². The Morgan fingerprint density at radius 1 is 1.32 bits per heavy atom. The lowest BCUT2D eigenvalue weighted by molar-refractivity contribution is -0.136. The Balaban J connectivity index is 2.23. The number of aromatic nitrogens is 2. The van der Waals surface area contributed by atoms with Gasteiger partial charge in [0.25, 0.3) is 5.56 Å². The number of fused-ring (bicyclic) bond motifs is 1. The summed E-state index contributed by atoms with van der Waals surface area (Å²) in [6.45, 7) is 6.19. The first-order chi connectivity index (χ1) is 13.5. The van der Waals surface area contributed by atoms with E-state index in [2.05, 4.69) is 15.3 Å². The second-order valence-corrected chi connectivity index (χ2v) is 7.41. The van der Waals surface area contributed by atoms with Crippen molar-refractivity contribution in [3.05, 3.63) is 57.0 Å². The van der Waals surface area contributed by atoms with Crippen LogP contribution in [0.5, 0.6) is 5.75 Å². The molecule has 1 aromatic carbocycles. The molecule has 0 amide bonds. The van der Waals surface area contributed by atoms with Gasteiger partial charge in [-0.3, -0.25) is 4.79 Å². The van der Waals surface area contributed by atoms with E-state index in [1.54, 1.807) is 6.92 Å². The average Bonchev–Trinajstić information content (AvgIpc) is 2.67. The van der Waals surface area contributed by atoms with Crippen molar-refractivity contribution < 1.29 is 14.3 Å². The zero-order chi connectivity index (χ0) is 20.3. The smallest absolute Gasteiger partial charge is 0.336 e. The first-order valence-corrected chi connectivity index (χ1v) is 10.0. The highest BCUT2D eigenvalue weighted by atomic mass is 32.2. The number of thioether (sulfide) groups is 1. The Kier molecular flexibility index (Phi) is 6.08. The number of hydrogen-bond donors (Lipinski definition) is 2. The standard InChI is InChI=1S/C20H23N3O4S/c1-5-27-13-9-7-8-12(10-13)15-14(19(25)26-4)11(3)21-17-16(15)18(24)23-20(22-17)28-6-2/h7-10,15H,5-6H2,1-4H3,(H2,21,22,23,24). The average molecular weight is 401 g/mol. The van der Waals surface area contributed by atoms with Crippen LogP contribution in [0.3, 0.4) is 0 Å². The molecule has 0 fully saturated rings. The van der Waals surface area contributed by atoms with Gasteiger partial charge < -0.3 is 19.8 Å². The number of nitrogens with one attached hydrogen (secondary N) is 2. The third-order valence-corrected chi connectivity index (χ3v) is 5.17. The van der Waals surface area contributed by atoms with E-state index in [-0.39, 0.29) is 5.56 Å². The molecule has 2 aromatic rings. The van der Waals surface area contributed by atoms with E-state index in [1.807, 2.05) is 38.1 Å². The molecule has 8 heteroatoms. The Morgan fingerprint density at radius 2 is 2.11 bits per heavy atom. The van der Waals surface area contributed by atoms with Gasteiger partial charge in [0, 0.05) is 5.70 Å². The molecule has 1 unspecified atom stereocenters. The summed E-state index contributed by atoms with van der Waals surface area (Å²) in [6.07, 6.45) is 0. The topological polar surface area (TPSA) is 93.3 Å². The number of allylic oxidation sites excluding steroid dienone is 1. The lowest BCUT2D eigenvalue weighted by Crippen LogP contribution is -2.31. The number of methoxy groups -OCH3 is 1. The molecule has 0 saturated heterocycles. The molecule has 1 aliphatic rings. The molecule has 2 N–H and O–H groups in total. The fourth-order valence-electron chi connectivity index (χ4n) is 3.30. The summed E-state index contributed by atoms with van der Waals surface area (Å²) in [5.41, 5.74) is 1.86. The van der Waals surface area contributed by atoms with Gasteiger partial charge >= 0.3 is 5.97 Å². The highest BCUT2D eigenvalue weighted by molar-refractivity contribution is 7.99. The molecule has 1 aliphatic heterocycles. The van der Waals surface area contributed by atoms with Gasteiger partial charge in [0.15, 0.2) is 5.16 Å². The molecule has 1 atom stereocenters. The second-order valence-electron chi connectivity index (χ2n) is 6.16. The molecule has 0 aliphatic carbocycles. The normalized spacial score (nSPS) is 15.6. The third kappa shape index (κ3) is 3.77. The second kappa shape index (κ2) is 8.52. The van der Waals surface area contributed by atoms with Crippen LogP contribution in [0.4, 0.5) is 5.82 Å². The van der Waals surface area contributed by atoms with Gasteiger partial charge in [0.2, 0.25) is 0 Å². The first-order valence-electron chi connectivity index (χ1n) is 9.06. The van der Waals surface area contributed by atoms with Crippen LogP contribution in [0.2, 0.25) is 0 Å². The summed E-state index contributed by atoms with van der Waals surface area (Å²) in [4.78, 5) is 32.9. The molecule has 148 valence electrons. The van der Waals surface area contributed by atoms with Crippen LogP contribution >= 0.6 is 11.8 Å². The van der Waals surface area contributed by atoms with Crippen molar-refractivity contribution in [2.24, 2.45) is 0 Å². The Hall–Kier alpha value is -2.74. The molecule has 1 aromatic heterocycles. The van der Waals surface area contributed by atoms with Crippen LogP contribution in [0.25, 0.3) is 0 Å². The lowest BCUT2D eigenvalue weighted by Gasteiger charge is -2.28. The van der Waals surface area contributed by atoms with Gasteiger partial charge in [-0.15, -0.1) is 0 Å². The molecule has 0 bridgehead atoms. The monoisotopic (exact) mass is 401 g/mol. The number of rotatable bonds is 6. The number of hydrogen-bond acceptors (Lipinski definition) is 7. The minimum Gasteiger partial charge on any atom is -0.494 e. The fourth-order valence-corrected chi connectivity index (χ4v) is 3.89. The summed E-state index contributed by atoms with van der Waals surface area (Å²) in [7, 11) is 1.33. The van der Waals surface area contributed by atoms with Gasteiger partial charge in [-0.2, -0.15) is 0 Å². The van der Waals surface area contributed by atoms with Crippen LogP contribution in [-0.2, 0) is 9.53 Å². The summed E-state index contributed by atoms with van der Waals surface area (Å²) < 4.78 is 10.6. The van der Waals surface area contributed by atoms with E-state index < -0.39 is 11.9 Å². The van der Waals surface area contributed by atoms with Crippen LogP contribution in [0, 0.1) is 0 Å². The van der Waals surface area contributed by atoms with Gasteiger partial charge in [-0.25, -0.2) is 9.78 Å². The molecule has 0 saturated carbocycles. The maximum absolute atomic E-state index is 13.0. The summed E-state index contributed by atoms with van der Waals surface area (Å²) in [5.74, 6) is 0.806. The van der Waals surface area contributed by atoms with E-state index in [1.165, 1.54) is 18.9 Å². The van der Waals surface area contributed by atoms with Crippen LogP contribution in [0.1, 0.15) is 37.8 Å². The van der Waals surface area contributed by atoms with Crippen molar-refractivity contribution in [3.8, 4) is 5.75 Å². The predicted octanol–water partition coefficient (Wildman–Crippen LogP) is 3.29. The molecule has 0 spiro atoms. The Labute approximate surface area is 167 Å². The van der Waals surface area contributed by atoms with Crippen molar-refractivity contribution in [1.29, 1.82) is 0 Å². The number of benzene rings is 1. The van der Waals surface area contributed by atoms with Gasteiger partial charge in [0.05, 0.1) is 30.8 Å². The SMILES string of the molecule is CCOc1cccc(C2C(C(=O)OC)=C(C)Nc3nc(SCC)[nH]c(=O)c32)c1. The number of ether oxygens (including phenoxy) is 2. The zero-order valence-corrected chi connectivity index (χ0v) is 17.1. The van der Waals surface area contributed by atoms with Gasteiger partial charge in [0.1, 0.15) is 11.6 Å². The highest BCUT2D eigenvalue weighted by Gasteiger charge is 2.36. The number of carbonyl (C=O) groups is 1. The van der Waals surface area contributed by atoms with E-state index in [9.17, 15) is 9.59 Å². The number of esters is 1. The van der Waals surface area contributed by atoms with Crippen LogP contribution < -0.4 is 15.6 Å². The fraction of sp³-hybridized carbons (Fsp3) is 0.350. The summed E-state index contributed by atoms with van der Waals surface area (Å²) in [5, 5.41) is 3.64. The highest BCUT2D eigenvalue weighted by Crippen LogP contribution is 2.40. The number of nitrogens with zero attached hydrogens (tertiary/aromatic N) is 1. The van der Waals surface area contributed by atoms with Crippen molar-refractivity contribution in [2.45, 2.75) is 31.8 Å². The first kappa shape index (κ1) is 20.0. The number of anilines is 1. The number of aromatic amines is 1. The molecular weight excluding hydrogens is 378 g/mol. The Morgan fingerprint density at radius 3 is 2.79 bits per heavy atom. The maximum atomic E-state index is 13.0. The third-order valence-electron chi connectivity index (χ3n) is 4.41. The van der Waals surface area contributed by atoms with E-state index >= 15 is 0 Å². The molecule has 3 rings (SSSR count). The van der Waals surface area contributed by atoms with Crippen molar-refractivity contribution in [1.82, 2.24) is 9.97 Å². The van der Waals surface area contributed by atoms with Crippen molar-refractivity contribution in [2.75, 3.05) is 24.8 Å². The summed E-state index contributed by atoms with van der Waals surface area (Å²) >= 11 is 1.45. The lowest BCUT2D eigenvalue weighted by atomic mass is 9.82.